The highest BCUT2D eigenvalue weighted by atomic mass is 16.5. The van der Waals surface area contributed by atoms with Gasteiger partial charge in [-0.3, -0.25) is 0 Å². The first kappa shape index (κ1) is 16.3. The number of nitrogens with zero attached hydrogens (tertiary/aromatic N) is 3. The van der Waals surface area contributed by atoms with Crippen LogP contribution in [-0.4, -0.2) is 29.7 Å². The largest absolute Gasteiger partial charge is 0.476 e. The Bertz CT molecular complexity index is 1090. The van der Waals surface area contributed by atoms with E-state index >= 15 is 0 Å². The Morgan fingerprint density at radius 1 is 1.15 bits per heavy atom. The topological polar surface area (TPSA) is 68.5 Å². The van der Waals surface area contributed by atoms with Crippen molar-refractivity contribution in [3.05, 3.63) is 46.1 Å². The van der Waals surface area contributed by atoms with Gasteiger partial charge >= 0.3 is 5.63 Å². The SMILES string of the molecule is CCOc1nccnc1-c1cc2cc3c4c(c2oc1=O)CCCN4CCC3. The maximum absolute atomic E-state index is 12.8. The van der Waals surface area contributed by atoms with Gasteiger partial charge in [0.2, 0.25) is 5.88 Å². The standard InChI is InChI=1S/C21H21N3O3/c1-2-26-20-17(22-7-8-23-20)16-12-14-11-13-5-3-9-24-10-4-6-15(18(13)24)19(14)27-21(16)25/h7-8,11-12H,2-6,9-10H2,1H3. The van der Waals surface area contributed by atoms with Crippen LogP contribution in [0.15, 0.2) is 33.7 Å². The summed E-state index contributed by atoms with van der Waals surface area (Å²) in [4.78, 5) is 23.8. The number of rotatable bonds is 3. The molecule has 0 saturated carbocycles. The number of fused-ring (bicyclic) bond motifs is 2. The summed E-state index contributed by atoms with van der Waals surface area (Å²) < 4.78 is 11.4. The van der Waals surface area contributed by atoms with E-state index in [0.717, 1.165) is 43.3 Å². The second-order valence-electron chi connectivity index (χ2n) is 7.07. The molecular weight excluding hydrogens is 342 g/mol. The minimum Gasteiger partial charge on any atom is -0.476 e. The zero-order valence-corrected chi connectivity index (χ0v) is 15.3. The molecule has 2 aromatic heterocycles. The van der Waals surface area contributed by atoms with Crippen molar-refractivity contribution in [2.75, 3.05) is 24.6 Å². The third kappa shape index (κ3) is 2.59. The van der Waals surface area contributed by atoms with Gasteiger partial charge in [-0.25, -0.2) is 14.8 Å². The van der Waals surface area contributed by atoms with Gasteiger partial charge in [0, 0.05) is 42.1 Å². The van der Waals surface area contributed by atoms with E-state index in [1.807, 2.05) is 13.0 Å². The Morgan fingerprint density at radius 2 is 1.96 bits per heavy atom. The van der Waals surface area contributed by atoms with Gasteiger partial charge in [-0.05, 0) is 50.3 Å². The lowest BCUT2D eigenvalue weighted by Crippen LogP contribution is -2.34. The molecule has 0 amide bonds. The zero-order valence-electron chi connectivity index (χ0n) is 15.3. The molecule has 0 radical (unpaired) electrons. The quantitative estimate of drug-likeness (QED) is 0.665. The fraction of sp³-hybridized carbons (Fsp3) is 0.381. The van der Waals surface area contributed by atoms with Gasteiger partial charge < -0.3 is 14.1 Å². The van der Waals surface area contributed by atoms with Crippen LogP contribution >= 0.6 is 0 Å². The van der Waals surface area contributed by atoms with Crippen LogP contribution in [0.3, 0.4) is 0 Å². The lowest BCUT2D eigenvalue weighted by molar-refractivity contribution is 0.327. The summed E-state index contributed by atoms with van der Waals surface area (Å²) in [5.74, 6) is 0.358. The maximum Gasteiger partial charge on any atom is 0.346 e. The number of hydrogen-bond acceptors (Lipinski definition) is 6. The number of aromatic nitrogens is 2. The smallest absolute Gasteiger partial charge is 0.346 e. The number of anilines is 1. The Hall–Kier alpha value is -2.89. The number of benzene rings is 1. The fourth-order valence-corrected chi connectivity index (χ4v) is 4.36. The molecule has 6 heteroatoms. The lowest BCUT2D eigenvalue weighted by atomic mass is 9.90. The molecule has 0 bridgehead atoms. The molecule has 27 heavy (non-hydrogen) atoms. The first-order chi connectivity index (χ1) is 13.3. The normalized spacial score (nSPS) is 15.7. The first-order valence-corrected chi connectivity index (χ1v) is 9.58. The van der Waals surface area contributed by atoms with Crippen molar-refractivity contribution in [2.45, 2.75) is 32.6 Å². The number of hydrogen-bond donors (Lipinski definition) is 0. The predicted octanol–water partition coefficient (Wildman–Crippen LogP) is 3.35. The number of aryl methyl sites for hydroxylation is 2. The van der Waals surface area contributed by atoms with Crippen LogP contribution in [0.25, 0.3) is 22.2 Å². The summed E-state index contributed by atoms with van der Waals surface area (Å²) in [6.45, 7) is 4.51. The minimum absolute atomic E-state index is 0.358. The fourth-order valence-electron chi connectivity index (χ4n) is 4.36. The van der Waals surface area contributed by atoms with E-state index < -0.39 is 5.63 Å². The van der Waals surface area contributed by atoms with Crippen molar-refractivity contribution in [3.8, 4) is 17.1 Å². The molecule has 0 saturated heterocycles. The minimum atomic E-state index is -0.395. The maximum atomic E-state index is 12.8. The molecule has 2 aliphatic rings. The van der Waals surface area contributed by atoms with Crippen LogP contribution in [0, 0.1) is 0 Å². The summed E-state index contributed by atoms with van der Waals surface area (Å²) in [5.41, 5.74) is 4.99. The third-order valence-corrected chi connectivity index (χ3v) is 5.42. The first-order valence-electron chi connectivity index (χ1n) is 9.58. The molecule has 0 fully saturated rings. The molecule has 3 aromatic rings. The second-order valence-corrected chi connectivity index (χ2v) is 7.07. The van der Waals surface area contributed by atoms with Crippen molar-refractivity contribution >= 4 is 16.7 Å². The van der Waals surface area contributed by atoms with Crippen LogP contribution in [-0.2, 0) is 12.8 Å². The highest BCUT2D eigenvalue weighted by Gasteiger charge is 2.27. The van der Waals surface area contributed by atoms with Crippen LogP contribution in [0.1, 0.15) is 30.9 Å². The molecule has 0 N–H and O–H groups in total. The molecule has 1 aromatic carbocycles. The van der Waals surface area contributed by atoms with Gasteiger partial charge in [0.25, 0.3) is 0 Å². The average Bonchev–Trinajstić information content (AvgIpc) is 2.69. The molecular formula is C21H21N3O3. The highest BCUT2D eigenvalue weighted by Crippen LogP contribution is 2.40. The molecule has 0 aliphatic carbocycles. The van der Waals surface area contributed by atoms with Gasteiger partial charge in [-0.2, -0.15) is 0 Å². The van der Waals surface area contributed by atoms with Crippen molar-refractivity contribution < 1.29 is 9.15 Å². The summed E-state index contributed by atoms with van der Waals surface area (Å²) in [7, 11) is 0. The summed E-state index contributed by atoms with van der Waals surface area (Å²) in [6.07, 6.45) is 7.41. The molecule has 138 valence electrons. The van der Waals surface area contributed by atoms with Gasteiger partial charge in [0.15, 0.2) is 0 Å². The van der Waals surface area contributed by atoms with Crippen LogP contribution in [0.4, 0.5) is 5.69 Å². The lowest BCUT2D eigenvalue weighted by Gasteiger charge is -2.37. The average molecular weight is 363 g/mol. The van der Waals surface area contributed by atoms with Gasteiger partial charge in [0.1, 0.15) is 11.3 Å². The zero-order chi connectivity index (χ0) is 18.4. The van der Waals surface area contributed by atoms with E-state index in [0.29, 0.717) is 23.7 Å². The molecule has 5 rings (SSSR count). The van der Waals surface area contributed by atoms with Crippen molar-refractivity contribution in [2.24, 2.45) is 0 Å². The molecule has 0 spiro atoms. The van der Waals surface area contributed by atoms with E-state index in [9.17, 15) is 4.79 Å². The third-order valence-electron chi connectivity index (χ3n) is 5.42. The predicted molar refractivity (Wildman–Crippen MR) is 104 cm³/mol. The Kier molecular flexibility index (Phi) is 3.85. The van der Waals surface area contributed by atoms with Gasteiger partial charge in [-0.15, -0.1) is 0 Å². The second kappa shape index (κ2) is 6.37. The van der Waals surface area contributed by atoms with Crippen LogP contribution in [0.5, 0.6) is 5.88 Å². The summed E-state index contributed by atoms with van der Waals surface area (Å²) in [5, 5.41) is 0.954. The Labute approximate surface area is 156 Å². The van der Waals surface area contributed by atoms with Crippen LogP contribution in [0.2, 0.25) is 0 Å². The van der Waals surface area contributed by atoms with E-state index in [2.05, 4.69) is 20.9 Å². The van der Waals surface area contributed by atoms with E-state index in [1.165, 1.54) is 23.2 Å². The van der Waals surface area contributed by atoms with E-state index in [4.69, 9.17) is 9.15 Å². The van der Waals surface area contributed by atoms with Crippen LogP contribution < -0.4 is 15.3 Å². The van der Waals surface area contributed by atoms with E-state index in [-0.39, 0.29) is 0 Å². The van der Waals surface area contributed by atoms with Gasteiger partial charge in [-0.1, -0.05) is 0 Å². The van der Waals surface area contributed by atoms with Crippen molar-refractivity contribution in [3.63, 3.8) is 0 Å². The molecule has 2 aliphatic heterocycles. The Morgan fingerprint density at radius 3 is 2.81 bits per heavy atom. The van der Waals surface area contributed by atoms with Gasteiger partial charge in [0.05, 0.1) is 12.2 Å². The summed E-state index contributed by atoms with van der Waals surface area (Å²) >= 11 is 0. The molecule has 4 heterocycles. The van der Waals surface area contributed by atoms with Crippen molar-refractivity contribution in [1.82, 2.24) is 9.97 Å². The molecule has 0 atom stereocenters. The molecule has 6 nitrogen and oxygen atoms in total. The van der Waals surface area contributed by atoms with Crippen molar-refractivity contribution in [1.29, 1.82) is 0 Å². The number of ether oxygens (including phenoxy) is 1. The van der Waals surface area contributed by atoms with E-state index in [1.54, 1.807) is 12.4 Å². The highest BCUT2D eigenvalue weighted by molar-refractivity contribution is 5.90. The Balaban J connectivity index is 1.75. The monoisotopic (exact) mass is 363 g/mol. The summed E-state index contributed by atoms with van der Waals surface area (Å²) in [6, 6.07) is 4.06. The molecule has 0 unspecified atom stereocenters.